The van der Waals surface area contributed by atoms with Crippen LogP contribution in [0.5, 0.6) is 0 Å². The molecule has 0 unspecified atom stereocenters. The van der Waals surface area contributed by atoms with Crippen molar-refractivity contribution in [1.82, 2.24) is 0 Å². The van der Waals surface area contributed by atoms with Gasteiger partial charge < -0.3 is 0 Å². The Morgan fingerprint density at radius 2 is 1.48 bits per heavy atom. The zero-order valence-corrected chi connectivity index (χ0v) is 18.0. The number of nitro groups is 3. The Balaban J connectivity index is 2.14. The lowest BCUT2D eigenvalue weighted by Gasteiger charge is -2.07. The molecule has 0 aromatic heterocycles. The van der Waals surface area contributed by atoms with Crippen LogP contribution in [0.3, 0.4) is 0 Å². The molecular weight excluding hydrogens is 428 g/mol. The summed E-state index contributed by atoms with van der Waals surface area (Å²) in [5, 5.41) is 35.0. The zero-order valence-electron chi connectivity index (χ0n) is 18.0. The zero-order chi connectivity index (χ0) is 24.0. The maximum Gasteiger partial charge on any atom is 0.284 e. The first kappa shape index (κ1) is 21.8. The molecule has 0 saturated carbocycles. The number of nitro benzene ring substituents is 3. The molecule has 10 heteroatoms. The molecule has 0 amide bonds. The Morgan fingerprint density at radius 1 is 0.788 bits per heavy atom. The first-order valence-corrected chi connectivity index (χ1v) is 10.1. The number of hydrogen-bond donors (Lipinski definition) is 0. The van der Waals surface area contributed by atoms with Crippen LogP contribution in [-0.4, -0.2) is 20.5 Å². The molecule has 0 atom stereocenters. The van der Waals surface area contributed by atoms with E-state index in [1.165, 1.54) is 12.1 Å². The van der Waals surface area contributed by atoms with Gasteiger partial charge in [0.2, 0.25) is 0 Å². The van der Waals surface area contributed by atoms with Gasteiger partial charge in [0, 0.05) is 34.4 Å². The average molecular weight is 446 g/mol. The minimum absolute atomic E-state index is 0.0925. The number of non-ortho nitro benzene ring substituents is 1. The fourth-order valence-corrected chi connectivity index (χ4v) is 4.14. The Bertz CT molecular complexity index is 1410. The lowest BCUT2D eigenvalue weighted by molar-refractivity contribution is -0.393. The van der Waals surface area contributed by atoms with E-state index in [2.05, 4.69) is 0 Å². The molecule has 0 bridgehead atoms. The second kappa shape index (κ2) is 7.90. The summed E-state index contributed by atoms with van der Waals surface area (Å²) in [6.45, 7) is 5.57. The molecular formula is C23H18N4O6. The van der Waals surface area contributed by atoms with Crippen LogP contribution in [0.15, 0.2) is 47.5 Å². The molecule has 3 aromatic carbocycles. The standard InChI is InChI=1S/C23H18N4O6/c1-4-14-8-17-16(11-20(14)26(30)31)22-18(9-15(25(28)29)10-21(22)27(32)33)23(17)24-19-6-5-12(2)7-13(19)3/h5-11H,4H2,1-3H3. The van der Waals surface area contributed by atoms with Crippen LogP contribution >= 0.6 is 0 Å². The van der Waals surface area contributed by atoms with Crippen molar-refractivity contribution < 1.29 is 14.8 Å². The van der Waals surface area contributed by atoms with Gasteiger partial charge in [-0.25, -0.2) is 4.99 Å². The third kappa shape index (κ3) is 3.61. The van der Waals surface area contributed by atoms with Crippen LogP contribution in [-0.2, 0) is 6.42 Å². The van der Waals surface area contributed by atoms with E-state index in [0.29, 0.717) is 28.9 Å². The summed E-state index contributed by atoms with van der Waals surface area (Å²) in [4.78, 5) is 37.8. The summed E-state index contributed by atoms with van der Waals surface area (Å²) in [6, 6.07) is 10.6. The summed E-state index contributed by atoms with van der Waals surface area (Å²) >= 11 is 0. The largest absolute Gasteiger partial charge is 0.284 e. The van der Waals surface area contributed by atoms with Crippen molar-refractivity contribution in [3.05, 3.63) is 101 Å². The molecule has 0 heterocycles. The number of aliphatic imine (C=N–C) groups is 1. The van der Waals surface area contributed by atoms with E-state index in [1.54, 1.807) is 19.1 Å². The molecule has 1 aliphatic carbocycles. The second-order valence-electron chi connectivity index (χ2n) is 7.79. The van der Waals surface area contributed by atoms with Gasteiger partial charge in [-0.15, -0.1) is 0 Å². The van der Waals surface area contributed by atoms with Crippen molar-refractivity contribution in [2.24, 2.45) is 4.99 Å². The quantitative estimate of drug-likeness (QED) is 0.282. The monoisotopic (exact) mass is 446 g/mol. The van der Waals surface area contributed by atoms with E-state index in [0.717, 1.165) is 17.2 Å². The van der Waals surface area contributed by atoms with Crippen molar-refractivity contribution in [3.8, 4) is 11.1 Å². The number of hydrogen-bond acceptors (Lipinski definition) is 7. The first-order valence-electron chi connectivity index (χ1n) is 10.1. The van der Waals surface area contributed by atoms with Crippen LogP contribution in [0.4, 0.5) is 22.7 Å². The summed E-state index contributed by atoms with van der Waals surface area (Å²) < 4.78 is 0. The minimum Gasteiger partial charge on any atom is -0.258 e. The Morgan fingerprint density at radius 3 is 2.06 bits per heavy atom. The van der Waals surface area contributed by atoms with Gasteiger partial charge in [0.05, 0.1) is 37.8 Å². The molecule has 0 radical (unpaired) electrons. The molecule has 33 heavy (non-hydrogen) atoms. The van der Waals surface area contributed by atoms with Crippen molar-refractivity contribution >= 4 is 28.5 Å². The topological polar surface area (TPSA) is 142 Å². The van der Waals surface area contributed by atoms with E-state index in [9.17, 15) is 30.3 Å². The van der Waals surface area contributed by atoms with Gasteiger partial charge in [0.25, 0.3) is 17.1 Å². The molecule has 0 N–H and O–H groups in total. The van der Waals surface area contributed by atoms with Crippen molar-refractivity contribution in [3.63, 3.8) is 0 Å². The van der Waals surface area contributed by atoms with Crippen LogP contribution in [0.1, 0.15) is 34.7 Å². The van der Waals surface area contributed by atoms with E-state index in [1.807, 2.05) is 26.0 Å². The van der Waals surface area contributed by atoms with Gasteiger partial charge in [-0.05, 0) is 38.0 Å². The van der Waals surface area contributed by atoms with E-state index >= 15 is 0 Å². The SMILES string of the molecule is CCc1cc2c(cc1[N+](=O)[O-])-c1c(cc([N+](=O)[O-])cc1[N+](=O)[O-])C2=Nc1ccc(C)cc1C. The summed E-state index contributed by atoms with van der Waals surface area (Å²) in [5.74, 6) is 0. The summed E-state index contributed by atoms with van der Waals surface area (Å²) in [6.07, 6.45) is 0.360. The minimum atomic E-state index is -0.713. The molecule has 4 rings (SSSR count). The van der Waals surface area contributed by atoms with Crippen molar-refractivity contribution in [2.45, 2.75) is 27.2 Å². The van der Waals surface area contributed by atoms with Gasteiger partial charge in [-0.1, -0.05) is 24.6 Å². The van der Waals surface area contributed by atoms with E-state index in [-0.39, 0.29) is 22.4 Å². The third-order valence-electron chi connectivity index (χ3n) is 5.67. The molecule has 0 spiro atoms. The Hall–Kier alpha value is -4.47. The Labute approximate surface area is 187 Å². The van der Waals surface area contributed by atoms with Crippen LogP contribution < -0.4 is 0 Å². The predicted molar refractivity (Wildman–Crippen MR) is 122 cm³/mol. The Kier molecular flexibility index (Phi) is 5.21. The summed E-state index contributed by atoms with van der Waals surface area (Å²) in [7, 11) is 0. The fraction of sp³-hybridized carbons (Fsp3) is 0.174. The second-order valence-corrected chi connectivity index (χ2v) is 7.79. The van der Waals surface area contributed by atoms with Gasteiger partial charge in [0.1, 0.15) is 0 Å². The molecule has 10 nitrogen and oxygen atoms in total. The molecule has 1 aliphatic rings. The number of aryl methyl sites for hydroxylation is 3. The third-order valence-corrected chi connectivity index (χ3v) is 5.67. The smallest absolute Gasteiger partial charge is 0.258 e. The first-order chi connectivity index (χ1) is 15.6. The molecule has 0 aliphatic heterocycles. The van der Waals surface area contributed by atoms with Gasteiger partial charge in [0.15, 0.2) is 0 Å². The van der Waals surface area contributed by atoms with Crippen molar-refractivity contribution in [2.75, 3.05) is 0 Å². The lowest BCUT2D eigenvalue weighted by Crippen LogP contribution is -2.02. The van der Waals surface area contributed by atoms with Crippen LogP contribution in [0.2, 0.25) is 0 Å². The summed E-state index contributed by atoms with van der Waals surface area (Å²) in [5.41, 5.74) is 3.15. The van der Waals surface area contributed by atoms with Crippen LogP contribution in [0.25, 0.3) is 11.1 Å². The number of fused-ring (bicyclic) bond motifs is 3. The van der Waals surface area contributed by atoms with Crippen molar-refractivity contribution in [1.29, 1.82) is 0 Å². The normalized spacial score (nSPS) is 13.0. The molecule has 3 aromatic rings. The molecule has 166 valence electrons. The maximum absolute atomic E-state index is 11.9. The predicted octanol–water partition coefficient (Wildman–Crippen LogP) is 5.74. The van der Waals surface area contributed by atoms with E-state index in [4.69, 9.17) is 4.99 Å². The lowest BCUT2D eigenvalue weighted by atomic mass is 9.99. The highest BCUT2D eigenvalue weighted by Crippen LogP contribution is 2.47. The van der Waals surface area contributed by atoms with Gasteiger partial charge in [-0.2, -0.15) is 0 Å². The average Bonchev–Trinajstić information content (AvgIpc) is 3.06. The number of benzene rings is 3. The number of rotatable bonds is 5. The molecule has 0 saturated heterocycles. The highest BCUT2D eigenvalue weighted by Gasteiger charge is 2.37. The van der Waals surface area contributed by atoms with Gasteiger partial charge in [-0.3, -0.25) is 30.3 Å². The molecule has 0 fully saturated rings. The number of nitrogens with zero attached hydrogens (tertiary/aromatic N) is 4. The van der Waals surface area contributed by atoms with Crippen LogP contribution in [0, 0.1) is 44.2 Å². The highest BCUT2D eigenvalue weighted by atomic mass is 16.6. The van der Waals surface area contributed by atoms with E-state index < -0.39 is 26.1 Å². The highest BCUT2D eigenvalue weighted by molar-refractivity contribution is 6.27. The maximum atomic E-state index is 11.9. The van der Waals surface area contributed by atoms with Gasteiger partial charge >= 0.3 is 0 Å². The fourth-order valence-electron chi connectivity index (χ4n) is 4.14.